The Balaban J connectivity index is 2.69. The molecule has 0 aliphatic carbocycles. The Kier molecular flexibility index (Phi) is 4.85. The smallest absolute Gasteiger partial charge is 0.412 e. The van der Waals surface area contributed by atoms with E-state index in [2.05, 4.69) is 0 Å². The van der Waals surface area contributed by atoms with Gasteiger partial charge in [-0.1, -0.05) is 0 Å². The van der Waals surface area contributed by atoms with Crippen LogP contribution in [-0.4, -0.2) is 46.6 Å². The number of carbonyl (C=O) groups excluding carboxylic acids is 2. The van der Waals surface area contributed by atoms with Crippen molar-refractivity contribution in [1.82, 2.24) is 4.90 Å². The molecule has 1 rings (SSSR count). The van der Waals surface area contributed by atoms with Gasteiger partial charge in [-0.2, -0.15) is 0 Å². The Labute approximate surface area is 119 Å². The van der Waals surface area contributed by atoms with Gasteiger partial charge in [0, 0.05) is 0 Å². The molecule has 0 aromatic rings. The predicted molar refractivity (Wildman–Crippen MR) is 72.2 cm³/mol. The molecule has 0 aromatic heterocycles. The number of aldehydes is 1. The zero-order chi connectivity index (χ0) is 14.8. The first-order chi connectivity index (χ1) is 8.55. The van der Waals surface area contributed by atoms with Gasteiger partial charge in [0.15, 0.2) is 0 Å². The van der Waals surface area contributed by atoms with Gasteiger partial charge in [-0.3, -0.25) is 4.90 Å². The van der Waals surface area contributed by atoms with Gasteiger partial charge in [0.2, 0.25) is 0 Å². The lowest BCUT2D eigenvalue weighted by molar-refractivity contribution is -0.109. The largest absolute Gasteiger partial charge is 0.444 e. The molecule has 0 aromatic carbocycles. The summed E-state index contributed by atoms with van der Waals surface area (Å²) in [6.45, 7) is 9.40. The Morgan fingerprint density at radius 2 is 2.16 bits per heavy atom. The van der Waals surface area contributed by atoms with Gasteiger partial charge in [-0.05, 0) is 41.0 Å². The normalized spacial score (nSPS) is 24.1. The van der Waals surface area contributed by atoms with E-state index in [0.717, 1.165) is 0 Å². The zero-order valence-corrected chi connectivity index (χ0v) is 12.9. The first-order valence-corrected chi connectivity index (χ1v) is 6.76. The van der Waals surface area contributed by atoms with Crippen LogP contribution < -0.4 is 0 Å². The summed E-state index contributed by atoms with van der Waals surface area (Å²) < 4.78 is 11.1. The van der Waals surface area contributed by atoms with Crippen LogP contribution in [-0.2, 0) is 14.3 Å². The predicted octanol–water partition coefficient (Wildman–Crippen LogP) is 2.55. The Hall–Kier alpha value is -0.810. The number of halogens is 1. The maximum absolute atomic E-state index is 12.1. The van der Waals surface area contributed by atoms with Crippen LogP contribution in [0.4, 0.5) is 4.79 Å². The molecule has 1 aliphatic heterocycles. The van der Waals surface area contributed by atoms with E-state index in [0.29, 0.717) is 19.3 Å². The molecule has 19 heavy (non-hydrogen) atoms. The van der Waals surface area contributed by atoms with Crippen LogP contribution in [0.25, 0.3) is 0 Å². The lowest BCUT2D eigenvalue weighted by Gasteiger charge is -2.31. The molecule has 0 spiro atoms. The second kappa shape index (κ2) is 5.67. The molecular formula is C13H22ClNO4. The van der Waals surface area contributed by atoms with E-state index in [9.17, 15) is 9.59 Å². The zero-order valence-electron chi connectivity index (χ0n) is 12.1. The first-order valence-electron chi connectivity index (χ1n) is 6.33. The van der Waals surface area contributed by atoms with Crippen LogP contribution >= 0.6 is 11.6 Å². The maximum atomic E-state index is 12.1. The molecule has 6 heteroatoms. The van der Waals surface area contributed by atoms with Crippen molar-refractivity contribution in [2.24, 2.45) is 0 Å². The summed E-state index contributed by atoms with van der Waals surface area (Å²) in [4.78, 5) is 24.2. The third-order valence-electron chi connectivity index (χ3n) is 2.74. The number of amides is 1. The minimum absolute atomic E-state index is 0.254. The summed E-state index contributed by atoms with van der Waals surface area (Å²) in [7, 11) is 0. The monoisotopic (exact) mass is 291 g/mol. The second-order valence-corrected chi connectivity index (χ2v) is 6.73. The lowest BCUT2D eigenvalue weighted by atomic mass is 10.2. The number of alkyl halides is 1. The fraction of sp³-hybridized carbons (Fsp3) is 0.846. The molecule has 1 unspecified atom stereocenters. The van der Waals surface area contributed by atoms with Gasteiger partial charge >= 0.3 is 6.09 Å². The summed E-state index contributed by atoms with van der Waals surface area (Å²) in [5.74, 6) is 0. The number of carbonyl (C=O) groups is 2. The molecule has 1 fully saturated rings. The van der Waals surface area contributed by atoms with Crippen molar-refractivity contribution >= 4 is 24.0 Å². The summed E-state index contributed by atoms with van der Waals surface area (Å²) in [5, 5.41) is -0.598. The highest BCUT2D eigenvalue weighted by atomic mass is 35.5. The van der Waals surface area contributed by atoms with Crippen molar-refractivity contribution in [3.63, 3.8) is 0 Å². The van der Waals surface area contributed by atoms with Gasteiger partial charge in [-0.25, -0.2) is 4.79 Å². The van der Waals surface area contributed by atoms with Crippen LogP contribution in [0, 0.1) is 0 Å². The molecular weight excluding hydrogens is 270 g/mol. The summed E-state index contributed by atoms with van der Waals surface area (Å²) in [5.41, 5.74) is -1.31. The molecule has 0 saturated carbocycles. The Morgan fingerprint density at radius 3 is 2.63 bits per heavy atom. The third-order valence-corrected chi connectivity index (χ3v) is 3.02. The topological polar surface area (TPSA) is 55.8 Å². The van der Waals surface area contributed by atoms with Crippen molar-refractivity contribution in [3.05, 3.63) is 0 Å². The van der Waals surface area contributed by atoms with Crippen LogP contribution in [0.15, 0.2) is 0 Å². The molecule has 0 bridgehead atoms. The first kappa shape index (κ1) is 16.2. The van der Waals surface area contributed by atoms with Crippen LogP contribution in [0.5, 0.6) is 0 Å². The highest BCUT2D eigenvalue weighted by molar-refractivity contribution is 6.27. The van der Waals surface area contributed by atoms with E-state index >= 15 is 0 Å². The van der Waals surface area contributed by atoms with E-state index in [4.69, 9.17) is 21.1 Å². The van der Waals surface area contributed by atoms with Crippen molar-refractivity contribution < 1.29 is 19.1 Å². The molecule has 1 amide bonds. The summed E-state index contributed by atoms with van der Waals surface area (Å²) in [6.07, 6.45) is 0.384. The minimum atomic E-state index is -0.757. The van der Waals surface area contributed by atoms with Gasteiger partial charge in [0.25, 0.3) is 0 Å². The standard InChI is InChI=1S/C13H22ClNO4/c1-12(2,3)19-11(17)15-7-10(6-9(14)8-16)18-13(15,4)5/h8-10H,6-7H2,1-5H3/t9?,10-/m0/s1. The highest BCUT2D eigenvalue weighted by Crippen LogP contribution is 2.30. The second-order valence-electron chi connectivity index (χ2n) is 6.17. The fourth-order valence-electron chi connectivity index (χ4n) is 1.97. The number of rotatable bonds is 3. The van der Waals surface area contributed by atoms with Crippen molar-refractivity contribution in [1.29, 1.82) is 0 Å². The van der Waals surface area contributed by atoms with Gasteiger partial charge in [0.1, 0.15) is 17.6 Å². The van der Waals surface area contributed by atoms with E-state index < -0.39 is 22.8 Å². The average molecular weight is 292 g/mol. The average Bonchev–Trinajstić information content (AvgIpc) is 2.50. The number of nitrogens with zero attached hydrogens (tertiary/aromatic N) is 1. The molecule has 1 heterocycles. The SMILES string of the molecule is CC(C)(C)OC(=O)N1C[C@H](CC(Cl)C=O)OC1(C)C. The van der Waals surface area contributed by atoms with Crippen LogP contribution in [0.1, 0.15) is 41.0 Å². The lowest BCUT2D eigenvalue weighted by Crippen LogP contribution is -2.46. The van der Waals surface area contributed by atoms with Gasteiger partial charge in [0.05, 0.1) is 18.0 Å². The van der Waals surface area contributed by atoms with Crippen molar-refractivity contribution in [2.45, 2.75) is 63.8 Å². The van der Waals surface area contributed by atoms with Gasteiger partial charge < -0.3 is 14.3 Å². The minimum Gasteiger partial charge on any atom is -0.444 e. The molecule has 1 saturated heterocycles. The van der Waals surface area contributed by atoms with Crippen LogP contribution in [0.3, 0.4) is 0 Å². The quantitative estimate of drug-likeness (QED) is 0.592. The van der Waals surface area contributed by atoms with Crippen LogP contribution in [0.2, 0.25) is 0 Å². The molecule has 1 aliphatic rings. The molecule has 110 valence electrons. The molecule has 0 radical (unpaired) electrons. The highest BCUT2D eigenvalue weighted by Gasteiger charge is 2.44. The number of hydrogen-bond donors (Lipinski definition) is 0. The number of ether oxygens (including phenoxy) is 2. The van der Waals surface area contributed by atoms with Crippen molar-refractivity contribution in [3.8, 4) is 0 Å². The molecule has 2 atom stereocenters. The van der Waals surface area contributed by atoms with E-state index in [1.54, 1.807) is 13.8 Å². The summed E-state index contributed by atoms with van der Waals surface area (Å²) >= 11 is 5.79. The van der Waals surface area contributed by atoms with E-state index in [-0.39, 0.29) is 6.10 Å². The van der Waals surface area contributed by atoms with Crippen molar-refractivity contribution in [2.75, 3.05) is 6.54 Å². The van der Waals surface area contributed by atoms with E-state index in [1.165, 1.54) is 4.90 Å². The number of hydrogen-bond acceptors (Lipinski definition) is 4. The maximum Gasteiger partial charge on any atom is 0.412 e. The molecule has 0 N–H and O–H groups in total. The third kappa shape index (κ3) is 4.66. The van der Waals surface area contributed by atoms with Gasteiger partial charge in [-0.15, -0.1) is 11.6 Å². The summed E-state index contributed by atoms with van der Waals surface area (Å²) in [6, 6.07) is 0. The Bertz CT molecular complexity index is 351. The fourth-order valence-corrected chi connectivity index (χ4v) is 2.17. The van der Waals surface area contributed by atoms with E-state index in [1.807, 2.05) is 20.8 Å². The Morgan fingerprint density at radius 1 is 1.58 bits per heavy atom. The molecule has 5 nitrogen and oxygen atoms in total.